The monoisotopic (exact) mass is 410 g/mol. The van der Waals surface area contributed by atoms with Crippen LogP contribution >= 0.6 is 0 Å². The lowest BCUT2D eigenvalue weighted by atomic mass is 9.70. The van der Waals surface area contributed by atoms with Crippen molar-refractivity contribution in [3.05, 3.63) is 106 Å². The van der Waals surface area contributed by atoms with Crippen molar-refractivity contribution in [3.8, 4) is 22.3 Å². The van der Waals surface area contributed by atoms with Crippen LogP contribution in [0.2, 0.25) is 0 Å². The Labute approximate surface area is 189 Å². The van der Waals surface area contributed by atoms with E-state index >= 15 is 0 Å². The Bertz CT molecular complexity index is 1460. The predicted octanol–water partition coefficient (Wildman–Crippen LogP) is 8.14. The van der Waals surface area contributed by atoms with Crippen LogP contribution in [0, 0.1) is 13.8 Å². The number of hydrogen-bond acceptors (Lipinski definition) is 0. The lowest BCUT2D eigenvalue weighted by Gasteiger charge is -2.33. The van der Waals surface area contributed by atoms with Gasteiger partial charge in [0.15, 0.2) is 0 Å². The van der Waals surface area contributed by atoms with Gasteiger partial charge in [0.2, 0.25) is 0 Å². The van der Waals surface area contributed by atoms with Crippen molar-refractivity contribution in [3.63, 3.8) is 0 Å². The summed E-state index contributed by atoms with van der Waals surface area (Å²) in [6, 6.07) is 27.3. The summed E-state index contributed by atoms with van der Waals surface area (Å²) in [6.45, 7) is 4.73. The van der Waals surface area contributed by atoms with Gasteiger partial charge in [-0.15, -0.1) is 0 Å². The minimum atomic E-state index is 1.13. The van der Waals surface area contributed by atoms with Gasteiger partial charge in [-0.1, -0.05) is 72.8 Å². The minimum absolute atomic E-state index is 1.13. The maximum Gasteiger partial charge on any atom is -0.00582 e. The molecule has 2 aliphatic carbocycles. The van der Waals surface area contributed by atoms with Crippen molar-refractivity contribution < 1.29 is 0 Å². The summed E-state index contributed by atoms with van der Waals surface area (Å²) in [5.74, 6) is 0. The van der Waals surface area contributed by atoms with Gasteiger partial charge in [-0.2, -0.15) is 0 Å². The van der Waals surface area contributed by atoms with E-state index in [2.05, 4.69) is 86.6 Å². The molecule has 0 amide bonds. The van der Waals surface area contributed by atoms with Crippen LogP contribution in [0.1, 0.15) is 33.4 Å². The molecule has 0 atom stereocenters. The van der Waals surface area contributed by atoms with E-state index < -0.39 is 0 Å². The molecular formula is C32H26. The van der Waals surface area contributed by atoms with Crippen molar-refractivity contribution in [2.75, 3.05) is 0 Å². The Morgan fingerprint density at radius 1 is 0.438 bits per heavy atom. The van der Waals surface area contributed by atoms with Crippen LogP contribution < -0.4 is 0 Å². The van der Waals surface area contributed by atoms with Crippen LogP contribution in [0.5, 0.6) is 0 Å². The van der Waals surface area contributed by atoms with E-state index in [-0.39, 0.29) is 0 Å². The quantitative estimate of drug-likeness (QED) is 0.242. The Morgan fingerprint density at radius 2 is 0.875 bits per heavy atom. The molecule has 5 aromatic rings. The minimum Gasteiger partial charge on any atom is -0.0616 e. The molecule has 0 saturated carbocycles. The first-order valence-corrected chi connectivity index (χ1v) is 11.9. The van der Waals surface area contributed by atoms with Crippen molar-refractivity contribution >= 4 is 21.5 Å². The molecule has 2 aliphatic rings. The van der Waals surface area contributed by atoms with Crippen LogP contribution in [0.4, 0.5) is 0 Å². The lowest BCUT2D eigenvalue weighted by molar-refractivity contribution is 0.898. The molecule has 0 saturated heterocycles. The van der Waals surface area contributed by atoms with E-state index in [4.69, 9.17) is 0 Å². The summed E-state index contributed by atoms with van der Waals surface area (Å²) >= 11 is 0. The zero-order valence-corrected chi connectivity index (χ0v) is 18.8. The van der Waals surface area contributed by atoms with Crippen molar-refractivity contribution in [2.24, 2.45) is 0 Å². The van der Waals surface area contributed by atoms with Crippen LogP contribution in [-0.2, 0) is 25.7 Å². The molecule has 0 radical (unpaired) electrons. The molecule has 0 nitrogen and oxygen atoms in total. The van der Waals surface area contributed by atoms with Gasteiger partial charge in [-0.05, 0) is 117 Å². The fraction of sp³-hybridized carbons (Fsp3) is 0.188. The maximum atomic E-state index is 2.38. The number of rotatable bonds is 0. The summed E-state index contributed by atoms with van der Waals surface area (Å²) in [5.41, 5.74) is 15.2. The van der Waals surface area contributed by atoms with Gasteiger partial charge >= 0.3 is 0 Å². The third kappa shape index (κ3) is 2.33. The largest absolute Gasteiger partial charge is 0.0616 e. The van der Waals surface area contributed by atoms with E-state index in [9.17, 15) is 0 Å². The van der Waals surface area contributed by atoms with E-state index in [1.165, 1.54) is 66.1 Å². The number of benzene rings is 5. The van der Waals surface area contributed by atoms with Crippen molar-refractivity contribution in [1.29, 1.82) is 0 Å². The summed E-state index contributed by atoms with van der Waals surface area (Å²) in [5, 5.41) is 5.51. The molecule has 0 heteroatoms. The van der Waals surface area contributed by atoms with E-state index in [1.807, 2.05) is 0 Å². The van der Waals surface area contributed by atoms with Crippen molar-refractivity contribution in [1.82, 2.24) is 0 Å². The standard InChI is InChI=1S/C32H26/c1-19-20(2)26-18-16-24-14-12-22-8-4-6-10-28(22)30(24)32(26)31-25(19)17-15-23-13-11-21-7-3-5-9-27(21)29(23)31/h3-14H,15-18H2,1-2H3. The Kier molecular flexibility index (Phi) is 3.73. The first kappa shape index (κ1) is 18.2. The third-order valence-electron chi connectivity index (χ3n) is 8.14. The summed E-state index contributed by atoms with van der Waals surface area (Å²) < 4.78 is 0. The zero-order chi connectivity index (χ0) is 21.4. The predicted molar refractivity (Wildman–Crippen MR) is 137 cm³/mol. The first-order chi connectivity index (χ1) is 15.7. The molecule has 32 heavy (non-hydrogen) atoms. The van der Waals surface area contributed by atoms with Gasteiger partial charge in [0.1, 0.15) is 0 Å². The molecular weight excluding hydrogens is 384 g/mol. The molecule has 0 unspecified atom stereocenters. The highest BCUT2D eigenvalue weighted by atomic mass is 14.3. The molecule has 0 bridgehead atoms. The molecule has 0 aromatic heterocycles. The second-order valence-electron chi connectivity index (χ2n) is 9.60. The maximum absolute atomic E-state index is 2.38. The Hall–Kier alpha value is -3.38. The van der Waals surface area contributed by atoms with Crippen LogP contribution in [0.3, 0.4) is 0 Å². The highest BCUT2D eigenvalue weighted by molar-refractivity contribution is 6.09. The zero-order valence-electron chi connectivity index (χ0n) is 18.8. The van der Waals surface area contributed by atoms with E-state index in [1.54, 1.807) is 11.1 Å². The number of aryl methyl sites for hydroxylation is 2. The molecule has 0 heterocycles. The fourth-order valence-electron chi connectivity index (χ4n) is 6.47. The Morgan fingerprint density at radius 3 is 1.34 bits per heavy atom. The van der Waals surface area contributed by atoms with Crippen LogP contribution in [0.25, 0.3) is 43.8 Å². The SMILES string of the molecule is Cc1c(C)c2c(c3c1CCc1ccc4ccccc4c1-3)-c1c(ccc3ccccc13)CC2. The highest BCUT2D eigenvalue weighted by Crippen LogP contribution is 2.51. The van der Waals surface area contributed by atoms with Crippen LogP contribution in [0.15, 0.2) is 72.8 Å². The first-order valence-electron chi connectivity index (χ1n) is 11.9. The average Bonchev–Trinajstić information content (AvgIpc) is 2.85. The fourth-order valence-corrected chi connectivity index (χ4v) is 6.47. The third-order valence-corrected chi connectivity index (χ3v) is 8.14. The number of hydrogen-bond donors (Lipinski definition) is 0. The van der Waals surface area contributed by atoms with Gasteiger partial charge in [0.05, 0.1) is 0 Å². The van der Waals surface area contributed by atoms with Gasteiger partial charge in [-0.25, -0.2) is 0 Å². The molecule has 0 aliphatic heterocycles. The van der Waals surface area contributed by atoms with Crippen LogP contribution in [-0.4, -0.2) is 0 Å². The van der Waals surface area contributed by atoms with E-state index in [0.29, 0.717) is 0 Å². The number of fused-ring (bicyclic) bond motifs is 11. The van der Waals surface area contributed by atoms with E-state index in [0.717, 1.165) is 25.7 Å². The summed E-state index contributed by atoms with van der Waals surface area (Å²) in [4.78, 5) is 0. The Balaban J connectivity index is 1.71. The van der Waals surface area contributed by atoms with Gasteiger partial charge in [0, 0.05) is 0 Å². The van der Waals surface area contributed by atoms with Gasteiger partial charge in [-0.3, -0.25) is 0 Å². The normalized spacial score (nSPS) is 14.1. The molecule has 0 spiro atoms. The van der Waals surface area contributed by atoms with Crippen molar-refractivity contribution in [2.45, 2.75) is 39.5 Å². The topological polar surface area (TPSA) is 0 Å². The molecule has 7 rings (SSSR count). The van der Waals surface area contributed by atoms with Gasteiger partial charge < -0.3 is 0 Å². The molecule has 0 fully saturated rings. The second-order valence-corrected chi connectivity index (χ2v) is 9.60. The van der Waals surface area contributed by atoms with Gasteiger partial charge in [0.25, 0.3) is 0 Å². The highest BCUT2D eigenvalue weighted by Gasteiger charge is 2.31. The second kappa shape index (κ2) is 6.56. The summed E-state index contributed by atoms with van der Waals surface area (Å²) in [7, 11) is 0. The molecule has 0 N–H and O–H groups in total. The summed E-state index contributed by atoms with van der Waals surface area (Å²) in [6.07, 6.45) is 4.55. The average molecular weight is 411 g/mol. The smallest absolute Gasteiger partial charge is 0.00582 e. The molecule has 5 aromatic carbocycles. The lowest BCUT2D eigenvalue weighted by Crippen LogP contribution is -2.15. The molecule has 154 valence electrons.